The second-order valence-corrected chi connectivity index (χ2v) is 9.01. The summed E-state index contributed by atoms with van der Waals surface area (Å²) in [7, 11) is 0. The van der Waals surface area contributed by atoms with Gasteiger partial charge in [0.15, 0.2) is 5.78 Å². The zero-order valence-electron chi connectivity index (χ0n) is 18.3. The molecular weight excluding hydrogens is 464 g/mol. The van der Waals surface area contributed by atoms with E-state index in [4.69, 9.17) is 0 Å². The lowest BCUT2D eigenvalue weighted by Gasteiger charge is -2.42. The van der Waals surface area contributed by atoms with Crippen molar-refractivity contribution in [3.8, 4) is 0 Å². The molecule has 4 nitrogen and oxygen atoms in total. The maximum absolute atomic E-state index is 13.4. The van der Waals surface area contributed by atoms with Gasteiger partial charge in [0.1, 0.15) is 6.10 Å². The lowest BCUT2D eigenvalue weighted by Crippen LogP contribution is -2.56. The quantitative estimate of drug-likeness (QED) is 0.588. The lowest BCUT2D eigenvalue weighted by molar-refractivity contribution is -0.143. The topological polar surface area (TPSA) is 66.4 Å². The molecule has 2 atom stereocenters. The number of halogens is 6. The largest absolute Gasteiger partial charge is 0.416 e. The van der Waals surface area contributed by atoms with Crippen molar-refractivity contribution in [1.82, 2.24) is 5.32 Å². The third-order valence-corrected chi connectivity index (χ3v) is 6.27. The molecule has 0 aromatic heterocycles. The number of hydrogen-bond donors (Lipinski definition) is 2. The molecule has 184 valence electrons. The number of alkyl halides is 6. The Morgan fingerprint density at radius 2 is 1.44 bits per heavy atom. The van der Waals surface area contributed by atoms with E-state index in [1.807, 2.05) is 0 Å². The Morgan fingerprint density at radius 3 is 1.91 bits per heavy atom. The van der Waals surface area contributed by atoms with E-state index in [1.165, 1.54) is 13.8 Å². The highest BCUT2D eigenvalue weighted by atomic mass is 19.4. The fourth-order valence-electron chi connectivity index (χ4n) is 4.07. The first-order valence-electron chi connectivity index (χ1n) is 10.5. The summed E-state index contributed by atoms with van der Waals surface area (Å²) in [4.78, 5) is 25.3. The summed E-state index contributed by atoms with van der Waals surface area (Å²) in [5.41, 5.74) is -5.98. The van der Waals surface area contributed by atoms with E-state index in [0.717, 1.165) is 0 Å². The first-order chi connectivity index (χ1) is 15.6. The molecule has 0 spiro atoms. The molecule has 0 heterocycles. The molecule has 34 heavy (non-hydrogen) atoms. The summed E-state index contributed by atoms with van der Waals surface area (Å²) in [5.74, 6) is -1.25. The number of amides is 1. The van der Waals surface area contributed by atoms with Gasteiger partial charge in [-0.25, -0.2) is 0 Å². The van der Waals surface area contributed by atoms with Crippen LogP contribution in [0.25, 0.3) is 0 Å². The highest BCUT2D eigenvalue weighted by Gasteiger charge is 2.46. The van der Waals surface area contributed by atoms with Crippen LogP contribution < -0.4 is 5.32 Å². The Kier molecular flexibility index (Phi) is 6.60. The second kappa shape index (κ2) is 8.72. The average Bonchev–Trinajstić information content (AvgIpc) is 2.75. The van der Waals surface area contributed by atoms with Gasteiger partial charge >= 0.3 is 12.4 Å². The second-order valence-electron chi connectivity index (χ2n) is 9.01. The Bertz CT molecular complexity index is 1050. The molecule has 1 amide bonds. The first-order valence-corrected chi connectivity index (χ1v) is 10.5. The van der Waals surface area contributed by atoms with Gasteiger partial charge in [-0.05, 0) is 49.6 Å². The van der Waals surface area contributed by atoms with Crippen LogP contribution in [0.15, 0.2) is 48.5 Å². The Labute approximate surface area is 192 Å². The molecule has 1 saturated carbocycles. The molecule has 1 fully saturated rings. The number of hydrogen-bond acceptors (Lipinski definition) is 3. The van der Waals surface area contributed by atoms with Gasteiger partial charge in [-0.3, -0.25) is 9.59 Å². The van der Waals surface area contributed by atoms with Gasteiger partial charge in [0.05, 0.1) is 22.1 Å². The zero-order valence-corrected chi connectivity index (χ0v) is 18.3. The number of nitrogens with one attached hydrogen (secondary N) is 1. The Hall–Kier alpha value is -2.88. The maximum Gasteiger partial charge on any atom is 0.416 e. The molecule has 0 aliphatic heterocycles. The third kappa shape index (κ3) is 5.11. The van der Waals surface area contributed by atoms with Gasteiger partial charge in [-0.2, -0.15) is 26.3 Å². The van der Waals surface area contributed by atoms with Crippen molar-refractivity contribution in [3.63, 3.8) is 0 Å². The molecule has 0 bridgehead atoms. The van der Waals surface area contributed by atoms with E-state index in [1.54, 1.807) is 30.3 Å². The summed E-state index contributed by atoms with van der Waals surface area (Å²) >= 11 is 0. The van der Waals surface area contributed by atoms with Gasteiger partial charge in [-0.15, -0.1) is 0 Å². The summed E-state index contributed by atoms with van der Waals surface area (Å²) in [5, 5.41) is 12.9. The maximum atomic E-state index is 13.4. The Morgan fingerprint density at radius 1 is 0.941 bits per heavy atom. The summed E-state index contributed by atoms with van der Waals surface area (Å²) < 4.78 is 80.0. The van der Waals surface area contributed by atoms with Crippen LogP contribution in [0.2, 0.25) is 0 Å². The van der Waals surface area contributed by atoms with E-state index in [2.05, 4.69) is 5.32 Å². The van der Waals surface area contributed by atoms with Gasteiger partial charge in [0.2, 0.25) is 5.91 Å². The monoisotopic (exact) mass is 487 g/mol. The number of aliphatic hydroxyl groups is 1. The minimum absolute atomic E-state index is 0.00600. The zero-order chi connectivity index (χ0) is 25.5. The number of carbonyl (C=O) groups is 2. The van der Waals surface area contributed by atoms with Crippen LogP contribution in [0.4, 0.5) is 26.3 Å². The van der Waals surface area contributed by atoms with E-state index in [9.17, 15) is 41.0 Å². The number of Topliss-reactive ketones (excluding diaryl/α,β-unsaturated/α-hetero) is 1. The highest BCUT2D eigenvalue weighted by Crippen LogP contribution is 2.41. The minimum atomic E-state index is -5.05. The Balaban J connectivity index is 2.05. The summed E-state index contributed by atoms with van der Waals surface area (Å²) in [6.07, 6.45) is -11.6. The number of ketones is 1. The smallest absolute Gasteiger partial charge is 0.385 e. The summed E-state index contributed by atoms with van der Waals surface area (Å²) in [6.45, 7) is 2.45. The van der Waals surface area contributed by atoms with Crippen molar-refractivity contribution in [2.75, 3.05) is 0 Å². The van der Waals surface area contributed by atoms with Crippen molar-refractivity contribution >= 4 is 11.7 Å². The molecular formula is C24H23F6NO3. The van der Waals surface area contributed by atoms with Crippen LogP contribution in [0.5, 0.6) is 0 Å². The third-order valence-electron chi connectivity index (χ3n) is 6.27. The molecule has 2 aromatic carbocycles. The molecule has 1 aliphatic carbocycles. The molecule has 2 N–H and O–H groups in total. The van der Waals surface area contributed by atoms with E-state index in [0.29, 0.717) is 17.7 Å². The fraction of sp³-hybridized carbons (Fsp3) is 0.417. The predicted octanol–water partition coefficient (Wildman–Crippen LogP) is 5.13. The van der Waals surface area contributed by atoms with Crippen LogP contribution in [0.1, 0.15) is 55.4 Å². The average molecular weight is 487 g/mol. The van der Waals surface area contributed by atoms with Crippen LogP contribution >= 0.6 is 0 Å². The molecule has 3 rings (SSSR count). The van der Waals surface area contributed by atoms with Crippen LogP contribution in [0.3, 0.4) is 0 Å². The minimum Gasteiger partial charge on any atom is -0.385 e. The van der Waals surface area contributed by atoms with Crippen molar-refractivity contribution in [1.29, 1.82) is 0 Å². The van der Waals surface area contributed by atoms with Gasteiger partial charge in [0.25, 0.3) is 0 Å². The standard InChI is InChI=1S/C24H23F6NO3/c1-21(2,15-10-16(23(25,26)27)12-17(11-15)24(28,29)30)20(34)31-22(14-6-4-3-5-7-14)9-8-18(32)19(33)13-22/h3-7,10-12,19,33H,8-9,13H2,1-2H3,(H,31,34)/t19-,22+/m0/s1. The van der Waals surface area contributed by atoms with E-state index >= 15 is 0 Å². The van der Waals surface area contributed by atoms with Crippen LogP contribution in [0, 0.1) is 0 Å². The molecule has 10 heteroatoms. The highest BCUT2D eigenvalue weighted by molar-refractivity contribution is 5.89. The number of benzene rings is 2. The normalized spacial score (nSPS) is 21.9. The van der Waals surface area contributed by atoms with E-state index < -0.39 is 57.8 Å². The van der Waals surface area contributed by atoms with Crippen molar-refractivity contribution in [3.05, 3.63) is 70.8 Å². The van der Waals surface area contributed by atoms with Crippen molar-refractivity contribution in [2.45, 2.75) is 62.5 Å². The number of carbonyl (C=O) groups excluding carboxylic acids is 2. The van der Waals surface area contributed by atoms with Crippen LogP contribution in [-0.4, -0.2) is 22.9 Å². The van der Waals surface area contributed by atoms with Gasteiger partial charge < -0.3 is 10.4 Å². The molecule has 0 unspecified atom stereocenters. The fourth-order valence-corrected chi connectivity index (χ4v) is 4.07. The molecule has 0 radical (unpaired) electrons. The van der Waals surface area contributed by atoms with Crippen molar-refractivity contribution in [2.24, 2.45) is 0 Å². The predicted molar refractivity (Wildman–Crippen MR) is 111 cm³/mol. The molecule has 0 saturated heterocycles. The number of rotatable bonds is 4. The number of aliphatic hydroxyl groups excluding tert-OH is 1. The molecule has 1 aliphatic rings. The van der Waals surface area contributed by atoms with Crippen molar-refractivity contribution < 1.29 is 41.0 Å². The van der Waals surface area contributed by atoms with Gasteiger partial charge in [-0.1, -0.05) is 30.3 Å². The van der Waals surface area contributed by atoms with Crippen LogP contribution in [-0.2, 0) is 32.9 Å². The lowest BCUT2D eigenvalue weighted by atomic mass is 9.73. The van der Waals surface area contributed by atoms with E-state index in [-0.39, 0.29) is 25.3 Å². The SMILES string of the molecule is CC(C)(C(=O)N[C@]1(c2ccccc2)CCC(=O)[C@@H](O)C1)c1cc(C(F)(F)F)cc(C(F)(F)F)c1. The molecule has 2 aromatic rings. The van der Waals surface area contributed by atoms with Gasteiger partial charge in [0, 0.05) is 12.8 Å². The first kappa shape index (κ1) is 25.7. The summed E-state index contributed by atoms with van der Waals surface area (Å²) in [6, 6.07) is 9.48.